The second kappa shape index (κ2) is 7.75. The van der Waals surface area contributed by atoms with Crippen molar-refractivity contribution < 1.29 is 9.47 Å². The fourth-order valence-corrected chi connectivity index (χ4v) is 2.36. The number of hydrogen-bond acceptors (Lipinski definition) is 4. The van der Waals surface area contributed by atoms with Gasteiger partial charge < -0.3 is 15.2 Å². The predicted molar refractivity (Wildman–Crippen MR) is 99.5 cm³/mol. The molecule has 0 atom stereocenters. The molecule has 0 saturated heterocycles. The van der Waals surface area contributed by atoms with Crippen molar-refractivity contribution in [3.63, 3.8) is 0 Å². The molecule has 0 fully saturated rings. The van der Waals surface area contributed by atoms with E-state index in [-0.39, 0.29) is 0 Å². The van der Waals surface area contributed by atoms with Gasteiger partial charge in [0, 0.05) is 5.56 Å². The molecule has 3 N–H and O–H groups in total. The average Bonchev–Trinajstić information content (AvgIpc) is 3.09. The second-order valence-corrected chi connectivity index (χ2v) is 6.34. The zero-order chi connectivity index (χ0) is 17.6. The number of para-hydroxylation sites is 2. The molecule has 0 saturated carbocycles. The first kappa shape index (κ1) is 16.9. The van der Waals surface area contributed by atoms with E-state index in [1.54, 1.807) is 0 Å². The van der Waals surface area contributed by atoms with Crippen molar-refractivity contribution in [3.8, 4) is 22.8 Å². The summed E-state index contributed by atoms with van der Waals surface area (Å²) in [6.07, 6.45) is 0. The van der Waals surface area contributed by atoms with Gasteiger partial charge in [-0.2, -0.15) is 5.10 Å². The second-order valence-electron chi connectivity index (χ2n) is 6.34. The van der Waals surface area contributed by atoms with E-state index in [1.165, 1.54) is 0 Å². The summed E-state index contributed by atoms with van der Waals surface area (Å²) in [6.45, 7) is 5.33. The van der Waals surface area contributed by atoms with Gasteiger partial charge in [0.05, 0.1) is 23.7 Å². The quantitative estimate of drug-likeness (QED) is 0.631. The van der Waals surface area contributed by atoms with Crippen LogP contribution < -0.4 is 15.2 Å². The van der Waals surface area contributed by atoms with Crippen LogP contribution in [0.3, 0.4) is 0 Å². The van der Waals surface area contributed by atoms with E-state index in [1.807, 2.05) is 54.6 Å². The highest BCUT2D eigenvalue weighted by Crippen LogP contribution is 2.24. The minimum absolute atomic E-state index is 0.380. The number of hydrogen-bond donors (Lipinski definition) is 2. The van der Waals surface area contributed by atoms with Crippen LogP contribution >= 0.6 is 0 Å². The monoisotopic (exact) mass is 337 g/mol. The lowest BCUT2D eigenvalue weighted by Gasteiger charge is -2.09. The van der Waals surface area contributed by atoms with Crippen LogP contribution in [-0.2, 0) is 6.61 Å². The third kappa shape index (κ3) is 4.53. The highest BCUT2D eigenvalue weighted by molar-refractivity contribution is 5.61. The molecule has 0 aliphatic heterocycles. The van der Waals surface area contributed by atoms with Crippen LogP contribution in [0.4, 0.5) is 5.69 Å². The maximum atomic E-state index is 5.88. The van der Waals surface area contributed by atoms with Crippen LogP contribution in [0.15, 0.2) is 54.6 Å². The standard InChI is InChI=1S/C20H23N3O2/c1-14(2)12-24-17-7-5-6-15(10-17)19-11-16(22-23-19)13-25-20-9-4-3-8-18(20)21/h3-11,14H,12-13,21H2,1-2H3,(H,22,23). The van der Waals surface area contributed by atoms with Crippen molar-refractivity contribution >= 4 is 5.69 Å². The Bertz CT molecular complexity index is 827. The summed E-state index contributed by atoms with van der Waals surface area (Å²) >= 11 is 0. The van der Waals surface area contributed by atoms with Gasteiger partial charge in [0.2, 0.25) is 0 Å². The van der Waals surface area contributed by atoms with Gasteiger partial charge in [-0.25, -0.2) is 0 Å². The molecular weight excluding hydrogens is 314 g/mol. The third-order valence-corrected chi connectivity index (χ3v) is 3.65. The Morgan fingerprint density at radius 3 is 2.68 bits per heavy atom. The van der Waals surface area contributed by atoms with Gasteiger partial charge in [-0.05, 0) is 36.2 Å². The van der Waals surface area contributed by atoms with Crippen molar-refractivity contribution in [2.24, 2.45) is 5.92 Å². The van der Waals surface area contributed by atoms with Crippen molar-refractivity contribution in [2.45, 2.75) is 20.5 Å². The van der Waals surface area contributed by atoms with Crippen LogP contribution in [0.25, 0.3) is 11.3 Å². The molecule has 1 heterocycles. The Morgan fingerprint density at radius 2 is 1.88 bits per heavy atom. The van der Waals surface area contributed by atoms with E-state index < -0.39 is 0 Å². The minimum atomic E-state index is 0.380. The van der Waals surface area contributed by atoms with E-state index in [0.717, 1.165) is 22.7 Å². The number of nitrogens with two attached hydrogens (primary N) is 1. The van der Waals surface area contributed by atoms with Crippen LogP contribution in [0.2, 0.25) is 0 Å². The highest BCUT2D eigenvalue weighted by atomic mass is 16.5. The Balaban J connectivity index is 1.67. The summed E-state index contributed by atoms with van der Waals surface area (Å²) in [5, 5.41) is 7.37. The molecule has 5 heteroatoms. The number of nitrogens with one attached hydrogen (secondary N) is 1. The largest absolute Gasteiger partial charge is 0.493 e. The Hall–Kier alpha value is -2.95. The molecule has 3 aromatic rings. The van der Waals surface area contributed by atoms with Gasteiger partial charge in [-0.3, -0.25) is 5.10 Å². The lowest BCUT2D eigenvalue weighted by molar-refractivity contribution is 0.271. The van der Waals surface area contributed by atoms with E-state index in [4.69, 9.17) is 15.2 Å². The molecule has 1 aromatic heterocycles. The summed E-state index contributed by atoms with van der Waals surface area (Å²) in [5.41, 5.74) is 9.25. The number of aromatic nitrogens is 2. The zero-order valence-electron chi connectivity index (χ0n) is 14.5. The van der Waals surface area contributed by atoms with E-state index in [0.29, 0.717) is 30.6 Å². The number of ether oxygens (including phenoxy) is 2. The number of anilines is 1. The first-order valence-electron chi connectivity index (χ1n) is 8.36. The van der Waals surface area contributed by atoms with Crippen LogP contribution in [0, 0.1) is 5.92 Å². The van der Waals surface area contributed by atoms with Gasteiger partial charge in [-0.15, -0.1) is 0 Å². The molecule has 0 aliphatic carbocycles. The molecule has 0 bridgehead atoms. The molecular formula is C20H23N3O2. The number of benzene rings is 2. The van der Waals surface area contributed by atoms with Crippen LogP contribution in [-0.4, -0.2) is 16.8 Å². The molecule has 2 aromatic carbocycles. The van der Waals surface area contributed by atoms with E-state index >= 15 is 0 Å². The molecule has 0 aliphatic rings. The molecule has 25 heavy (non-hydrogen) atoms. The first-order chi connectivity index (χ1) is 12.1. The molecule has 0 radical (unpaired) electrons. The first-order valence-corrected chi connectivity index (χ1v) is 8.36. The van der Waals surface area contributed by atoms with E-state index in [2.05, 4.69) is 24.0 Å². The maximum Gasteiger partial charge on any atom is 0.142 e. The molecule has 130 valence electrons. The van der Waals surface area contributed by atoms with Crippen molar-refractivity contribution in [1.82, 2.24) is 10.2 Å². The van der Waals surface area contributed by atoms with Gasteiger partial charge in [-0.1, -0.05) is 38.1 Å². The Kier molecular flexibility index (Phi) is 5.23. The fraction of sp³-hybridized carbons (Fsp3) is 0.250. The fourth-order valence-electron chi connectivity index (χ4n) is 2.36. The average molecular weight is 337 g/mol. The topological polar surface area (TPSA) is 73.2 Å². The van der Waals surface area contributed by atoms with Crippen LogP contribution in [0.5, 0.6) is 11.5 Å². The van der Waals surface area contributed by atoms with E-state index in [9.17, 15) is 0 Å². The summed E-state index contributed by atoms with van der Waals surface area (Å²) in [5.74, 6) is 2.01. The number of aromatic amines is 1. The number of rotatable bonds is 7. The SMILES string of the molecule is CC(C)COc1cccc(-c2cc(COc3ccccc3N)[nH]n2)c1. The maximum absolute atomic E-state index is 5.88. The zero-order valence-corrected chi connectivity index (χ0v) is 14.5. The number of nitrogen functional groups attached to an aromatic ring is 1. The molecule has 0 amide bonds. The number of H-pyrrole nitrogens is 1. The molecule has 5 nitrogen and oxygen atoms in total. The Labute approximate surface area is 147 Å². The lowest BCUT2D eigenvalue weighted by atomic mass is 10.1. The highest BCUT2D eigenvalue weighted by Gasteiger charge is 2.07. The van der Waals surface area contributed by atoms with Crippen molar-refractivity contribution in [1.29, 1.82) is 0 Å². The number of nitrogens with zero attached hydrogens (tertiary/aromatic N) is 1. The lowest BCUT2D eigenvalue weighted by Crippen LogP contribution is -2.04. The minimum Gasteiger partial charge on any atom is -0.493 e. The van der Waals surface area contributed by atoms with Crippen LogP contribution in [0.1, 0.15) is 19.5 Å². The smallest absolute Gasteiger partial charge is 0.142 e. The summed E-state index contributed by atoms with van der Waals surface area (Å²) in [6, 6.07) is 17.4. The van der Waals surface area contributed by atoms with Crippen molar-refractivity contribution in [2.75, 3.05) is 12.3 Å². The summed E-state index contributed by atoms with van der Waals surface area (Å²) in [4.78, 5) is 0. The third-order valence-electron chi connectivity index (χ3n) is 3.65. The predicted octanol–water partition coefficient (Wildman–Crippen LogP) is 4.27. The molecule has 0 unspecified atom stereocenters. The van der Waals surface area contributed by atoms with Crippen molar-refractivity contribution in [3.05, 3.63) is 60.3 Å². The van der Waals surface area contributed by atoms with Gasteiger partial charge in [0.15, 0.2) is 0 Å². The molecule has 0 spiro atoms. The normalized spacial score (nSPS) is 10.8. The van der Waals surface area contributed by atoms with Gasteiger partial charge in [0.25, 0.3) is 0 Å². The summed E-state index contributed by atoms with van der Waals surface area (Å²) < 4.78 is 11.5. The summed E-state index contributed by atoms with van der Waals surface area (Å²) in [7, 11) is 0. The van der Waals surface area contributed by atoms with Gasteiger partial charge in [0.1, 0.15) is 18.1 Å². The molecule has 3 rings (SSSR count). The Morgan fingerprint density at radius 1 is 1.04 bits per heavy atom. The van der Waals surface area contributed by atoms with Gasteiger partial charge >= 0.3 is 0 Å².